The fourth-order valence-electron chi connectivity index (χ4n) is 2.67. The van der Waals surface area contributed by atoms with Crippen molar-refractivity contribution in [2.75, 3.05) is 7.11 Å². The molecule has 2 nitrogen and oxygen atoms in total. The molecule has 1 fully saturated rings. The van der Waals surface area contributed by atoms with Gasteiger partial charge >= 0.3 is 6.18 Å². The Morgan fingerprint density at radius 3 is 2.25 bits per heavy atom. The number of hydrogen-bond donors (Lipinski definition) is 1. The molecule has 0 amide bonds. The Morgan fingerprint density at radius 2 is 1.85 bits per heavy atom. The minimum absolute atomic E-state index is 0.231. The van der Waals surface area contributed by atoms with Crippen molar-refractivity contribution in [3.8, 4) is 0 Å². The summed E-state index contributed by atoms with van der Waals surface area (Å²) in [5, 5.41) is 10.1. The quantitative estimate of drug-likeness (QED) is 0.897. The highest BCUT2D eigenvalue weighted by Crippen LogP contribution is 2.39. The van der Waals surface area contributed by atoms with Crippen LogP contribution in [0.4, 0.5) is 13.2 Å². The van der Waals surface area contributed by atoms with Gasteiger partial charge in [-0.1, -0.05) is 12.1 Å². The van der Waals surface area contributed by atoms with Gasteiger partial charge in [-0.2, -0.15) is 13.2 Å². The highest BCUT2D eigenvalue weighted by Gasteiger charge is 2.38. The molecule has 1 saturated carbocycles. The minimum Gasteiger partial charge on any atom is -0.393 e. The zero-order chi connectivity index (χ0) is 14.8. The van der Waals surface area contributed by atoms with Gasteiger partial charge in [0.25, 0.3) is 0 Å². The van der Waals surface area contributed by atoms with Crippen LogP contribution in [0, 0.1) is 0 Å². The highest BCUT2D eigenvalue weighted by atomic mass is 19.4. The number of benzene rings is 1. The molecule has 1 aliphatic carbocycles. The average Bonchev–Trinajstić information content (AvgIpc) is 2.33. The number of aliphatic hydroxyl groups excluding tert-OH is 1. The summed E-state index contributed by atoms with van der Waals surface area (Å²) >= 11 is 0. The van der Waals surface area contributed by atoms with Crippen LogP contribution in [-0.2, 0) is 17.3 Å². The monoisotopic (exact) mass is 288 g/mol. The maximum absolute atomic E-state index is 12.4. The van der Waals surface area contributed by atoms with Gasteiger partial charge in [-0.25, -0.2) is 0 Å². The zero-order valence-corrected chi connectivity index (χ0v) is 11.4. The molecule has 1 aromatic rings. The summed E-state index contributed by atoms with van der Waals surface area (Å²) in [5.74, 6) is 0. The Hall–Kier alpha value is -1.07. The summed E-state index contributed by atoms with van der Waals surface area (Å²) < 4.78 is 42.8. The molecule has 112 valence electrons. The van der Waals surface area contributed by atoms with E-state index in [2.05, 4.69) is 0 Å². The van der Waals surface area contributed by atoms with Gasteiger partial charge in [0.15, 0.2) is 0 Å². The molecular weight excluding hydrogens is 269 g/mol. The third-order valence-electron chi connectivity index (χ3n) is 4.06. The molecule has 1 unspecified atom stereocenters. The first-order valence-electron chi connectivity index (χ1n) is 6.74. The Morgan fingerprint density at radius 1 is 1.25 bits per heavy atom. The lowest BCUT2D eigenvalue weighted by molar-refractivity contribution is -0.137. The van der Waals surface area contributed by atoms with Crippen LogP contribution in [0.15, 0.2) is 24.3 Å². The lowest BCUT2D eigenvalue weighted by Crippen LogP contribution is -2.42. The number of alkyl halides is 3. The van der Waals surface area contributed by atoms with Crippen LogP contribution in [0.5, 0.6) is 0 Å². The van der Waals surface area contributed by atoms with Crippen molar-refractivity contribution in [3.63, 3.8) is 0 Å². The van der Waals surface area contributed by atoms with E-state index in [0.717, 1.165) is 31.4 Å². The van der Waals surface area contributed by atoms with Crippen molar-refractivity contribution in [2.45, 2.75) is 50.0 Å². The third-order valence-corrected chi connectivity index (χ3v) is 4.06. The molecule has 0 bridgehead atoms. The van der Waals surface area contributed by atoms with E-state index in [0.29, 0.717) is 18.4 Å². The Labute approximate surface area is 116 Å². The summed E-state index contributed by atoms with van der Waals surface area (Å²) in [4.78, 5) is 0. The first-order valence-corrected chi connectivity index (χ1v) is 6.74. The number of aliphatic hydroxyl groups is 1. The fourth-order valence-corrected chi connectivity index (χ4v) is 2.67. The van der Waals surface area contributed by atoms with Gasteiger partial charge < -0.3 is 9.84 Å². The van der Waals surface area contributed by atoms with E-state index in [-0.39, 0.29) is 5.60 Å². The number of hydrogen-bond acceptors (Lipinski definition) is 2. The predicted molar refractivity (Wildman–Crippen MR) is 69.4 cm³/mol. The molecule has 20 heavy (non-hydrogen) atoms. The van der Waals surface area contributed by atoms with Crippen LogP contribution < -0.4 is 0 Å². The highest BCUT2D eigenvalue weighted by molar-refractivity contribution is 5.25. The molecular formula is C15H19F3O2. The van der Waals surface area contributed by atoms with E-state index in [1.54, 1.807) is 7.11 Å². The van der Waals surface area contributed by atoms with Gasteiger partial charge in [0.05, 0.1) is 17.3 Å². The van der Waals surface area contributed by atoms with Crippen molar-refractivity contribution in [3.05, 3.63) is 35.4 Å². The average molecular weight is 288 g/mol. The molecule has 0 radical (unpaired) electrons. The zero-order valence-electron chi connectivity index (χ0n) is 11.4. The maximum Gasteiger partial charge on any atom is 0.416 e. The normalized spacial score (nSPS) is 19.4. The van der Waals surface area contributed by atoms with Crippen LogP contribution in [0.3, 0.4) is 0 Å². The van der Waals surface area contributed by atoms with Crippen molar-refractivity contribution < 1.29 is 23.0 Å². The number of rotatable bonds is 5. The Kier molecular flexibility index (Phi) is 4.39. The summed E-state index contributed by atoms with van der Waals surface area (Å²) in [6, 6.07) is 4.95. The maximum atomic E-state index is 12.4. The molecule has 1 aliphatic rings. The van der Waals surface area contributed by atoms with Crippen molar-refractivity contribution >= 4 is 0 Å². The smallest absolute Gasteiger partial charge is 0.393 e. The summed E-state index contributed by atoms with van der Waals surface area (Å²) in [5.41, 5.74) is -0.190. The summed E-state index contributed by atoms with van der Waals surface area (Å²) in [6.07, 6.45) is -1.05. The predicted octanol–water partition coefficient (Wildman–Crippen LogP) is 3.57. The molecule has 0 aromatic heterocycles. The molecule has 0 saturated heterocycles. The van der Waals surface area contributed by atoms with E-state index in [9.17, 15) is 18.3 Å². The summed E-state index contributed by atoms with van der Waals surface area (Å²) in [7, 11) is 1.64. The standard InChI is InChI=1S/C15H19F3O2/c1-20-14(7-2-8-14)10-13(19)9-11-3-5-12(6-4-11)15(16,17)18/h3-6,13,19H,2,7-10H2,1H3. The van der Waals surface area contributed by atoms with E-state index in [4.69, 9.17) is 4.74 Å². The first-order chi connectivity index (χ1) is 9.35. The molecule has 0 aliphatic heterocycles. The Balaban J connectivity index is 1.93. The third kappa shape index (κ3) is 3.52. The van der Waals surface area contributed by atoms with Crippen LogP contribution >= 0.6 is 0 Å². The number of methoxy groups -OCH3 is 1. The van der Waals surface area contributed by atoms with Gasteiger partial charge in [-0.15, -0.1) is 0 Å². The van der Waals surface area contributed by atoms with Crippen LogP contribution in [0.25, 0.3) is 0 Å². The fraction of sp³-hybridized carbons (Fsp3) is 0.600. The van der Waals surface area contributed by atoms with Gasteiger partial charge in [-0.3, -0.25) is 0 Å². The van der Waals surface area contributed by atoms with E-state index in [1.165, 1.54) is 12.1 Å². The largest absolute Gasteiger partial charge is 0.416 e. The second-order valence-corrected chi connectivity index (χ2v) is 5.50. The van der Waals surface area contributed by atoms with Crippen LogP contribution in [-0.4, -0.2) is 23.9 Å². The SMILES string of the molecule is COC1(CC(O)Cc2ccc(C(F)(F)F)cc2)CCC1. The van der Waals surface area contributed by atoms with Gasteiger partial charge in [0, 0.05) is 13.5 Å². The molecule has 5 heteroatoms. The lowest BCUT2D eigenvalue weighted by atomic mass is 9.75. The van der Waals surface area contributed by atoms with Gasteiger partial charge in [-0.05, 0) is 43.4 Å². The second kappa shape index (κ2) is 5.74. The van der Waals surface area contributed by atoms with Crippen LogP contribution in [0.2, 0.25) is 0 Å². The molecule has 0 spiro atoms. The number of ether oxygens (including phenoxy) is 1. The topological polar surface area (TPSA) is 29.5 Å². The molecule has 1 atom stereocenters. The lowest BCUT2D eigenvalue weighted by Gasteiger charge is -2.41. The van der Waals surface area contributed by atoms with E-state index >= 15 is 0 Å². The van der Waals surface area contributed by atoms with E-state index in [1.807, 2.05) is 0 Å². The second-order valence-electron chi connectivity index (χ2n) is 5.50. The van der Waals surface area contributed by atoms with E-state index < -0.39 is 17.8 Å². The summed E-state index contributed by atoms with van der Waals surface area (Å²) in [6.45, 7) is 0. The molecule has 0 heterocycles. The molecule has 2 rings (SSSR count). The van der Waals surface area contributed by atoms with Crippen molar-refractivity contribution in [1.82, 2.24) is 0 Å². The molecule has 1 N–H and O–H groups in total. The van der Waals surface area contributed by atoms with Crippen molar-refractivity contribution in [2.24, 2.45) is 0 Å². The Bertz CT molecular complexity index is 430. The van der Waals surface area contributed by atoms with Gasteiger partial charge in [0.1, 0.15) is 0 Å². The number of halogens is 3. The van der Waals surface area contributed by atoms with Gasteiger partial charge in [0.2, 0.25) is 0 Å². The minimum atomic E-state index is -4.32. The van der Waals surface area contributed by atoms with Crippen molar-refractivity contribution in [1.29, 1.82) is 0 Å². The first kappa shape index (κ1) is 15.3. The van der Waals surface area contributed by atoms with Crippen LogP contribution in [0.1, 0.15) is 36.8 Å². The molecule has 1 aromatic carbocycles.